The van der Waals surface area contributed by atoms with Crippen LogP contribution in [0, 0.1) is 0 Å². The molecule has 1 aromatic carbocycles. The molecule has 0 amide bonds. The summed E-state index contributed by atoms with van der Waals surface area (Å²) in [5.74, 6) is 0.222. The Bertz CT molecular complexity index is 485. The van der Waals surface area contributed by atoms with E-state index in [0.717, 1.165) is 38.5 Å². The summed E-state index contributed by atoms with van der Waals surface area (Å²) in [6, 6.07) is 8.62. The van der Waals surface area contributed by atoms with Gasteiger partial charge in [0.15, 0.2) is 9.84 Å². The van der Waals surface area contributed by atoms with Crippen molar-refractivity contribution in [3.05, 3.63) is 30.3 Å². The van der Waals surface area contributed by atoms with Crippen molar-refractivity contribution in [1.29, 1.82) is 0 Å². The molecule has 22 heavy (non-hydrogen) atoms. The molecule has 0 unspecified atom stereocenters. The molecule has 0 aliphatic heterocycles. The van der Waals surface area contributed by atoms with Crippen molar-refractivity contribution in [2.45, 2.75) is 62.4 Å². The molecule has 0 fully saturated rings. The Morgan fingerprint density at radius 2 is 1.41 bits per heavy atom. The molecule has 1 rings (SSSR count). The average Bonchev–Trinajstić information content (AvgIpc) is 2.53. The highest BCUT2D eigenvalue weighted by atomic mass is 32.2. The first-order valence-electron chi connectivity index (χ1n) is 8.13. The molecule has 126 valence electrons. The monoisotopic (exact) mass is 328 g/mol. The van der Waals surface area contributed by atoms with Gasteiger partial charge in [-0.2, -0.15) is 0 Å². The summed E-state index contributed by atoms with van der Waals surface area (Å²) >= 11 is 0. The fraction of sp³-hybridized carbons (Fsp3) is 0.647. The Morgan fingerprint density at radius 1 is 0.864 bits per heavy atom. The zero-order chi connectivity index (χ0) is 16.3. The molecule has 0 bridgehead atoms. The number of rotatable bonds is 12. The second-order valence-corrected chi connectivity index (χ2v) is 7.84. The highest BCUT2D eigenvalue weighted by molar-refractivity contribution is 7.91. The highest BCUT2D eigenvalue weighted by Gasteiger charge is 2.12. The highest BCUT2D eigenvalue weighted by Crippen LogP contribution is 2.14. The van der Waals surface area contributed by atoms with Crippen molar-refractivity contribution in [3.8, 4) is 0 Å². The van der Waals surface area contributed by atoms with Gasteiger partial charge in [-0.3, -0.25) is 0 Å². The minimum atomic E-state index is -3.13. The predicted molar refractivity (Wildman–Crippen MR) is 88.5 cm³/mol. The van der Waals surface area contributed by atoms with Gasteiger partial charge in [0.05, 0.1) is 23.4 Å². The summed E-state index contributed by atoms with van der Waals surface area (Å²) in [6.45, 7) is -0.157. The maximum atomic E-state index is 12.1. The molecule has 1 atom stereocenters. The summed E-state index contributed by atoms with van der Waals surface area (Å²) in [7, 11) is -3.13. The Hall–Kier alpha value is -0.910. The molecule has 0 saturated carbocycles. The molecule has 0 aromatic heterocycles. The third-order valence-corrected chi connectivity index (χ3v) is 5.58. The minimum Gasteiger partial charge on any atom is -0.394 e. The Balaban J connectivity index is 2.04. The average molecular weight is 328 g/mol. The summed E-state index contributed by atoms with van der Waals surface area (Å²) in [5, 5.41) is 17.9. The molecule has 0 saturated heterocycles. The van der Waals surface area contributed by atoms with Gasteiger partial charge in [-0.25, -0.2) is 8.42 Å². The molecule has 0 radical (unpaired) electrons. The first kappa shape index (κ1) is 19.1. The Labute approximate surface area is 134 Å². The lowest BCUT2D eigenvalue weighted by atomic mass is 10.1. The number of hydrogen-bond acceptors (Lipinski definition) is 4. The van der Waals surface area contributed by atoms with Crippen LogP contribution in [-0.4, -0.2) is 37.1 Å². The van der Waals surface area contributed by atoms with Crippen molar-refractivity contribution in [1.82, 2.24) is 0 Å². The number of sulfone groups is 1. The molecular weight excluding hydrogens is 300 g/mol. The second kappa shape index (κ2) is 10.8. The molecule has 5 heteroatoms. The number of aliphatic hydroxyl groups excluding tert-OH is 2. The fourth-order valence-corrected chi connectivity index (χ4v) is 3.78. The van der Waals surface area contributed by atoms with E-state index >= 15 is 0 Å². The molecular formula is C17H28O4S. The quantitative estimate of drug-likeness (QED) is 0.579. The topological polar surface area (TPSA) is 74.6 Å². The van der Waals surface area contributed by atoms with Crippen LogP contribution in [0.4, 0.5) is 0 Å². The largest absolute Gasteiger partial charge is 0.394 e. The maximum Gasteiger partial charge on any atom is 0.178 e. The summed E-state index contributed by atoms with van der Waals surface area (Å²) in [4.78, 5) is 0.414. The first-order chi connectivity index (χ1) is 10.6. The number of aliphatic hydroxyl groups is 2. The van der Waals surface area contributed by atoms with E-state index in [9.17, 15) is 13.5 Å². The van der Waals surface area contributed by atoms with Crippen molar-refractivity contribution in [3.63, 3.8) is 0 Å². The molecule has 4 nitrogen and oxygen atoms in total. The van der Waals surface area contributed by atoms with E-state index in [-0.39, 0.29) is 12.4 Å². The van der Waals surface area contributed by atoms with Crippen LogP contribution in [0.5, 0.6) is 0 Å². The Kier molecular flexibility index (Phi) is 9.36. The zero-order valence-electron chi connectivity index (χ0n) is 13.2. The normalized spacial score (nSPS) is 13.2. The first-order valence-corrected chi connectivity index (χ1v) is 9.78. The minimum absolute atomic E-state index is 0.157. The standard InChI is InChI=1S/C17H28O4S/c18-15-16(19)11-7-4-2-1-3-5-10-14-22(20,21)17-12-8-6-9-13-17/h6,8-9,12-13,16,18-19H,1-5,7,10-11,14-15H2/t16-/m1/s1. The summed E-state index contributed by atoms with van der Waals surface area (Å²) < 4.78 is 24.1. The lowest BCUT2D eigenvalue weighted by Crippen LogP contribution is -2.10. The molecule has 2 N–H and O–H groups in total. The van der Waals surface area contributed by atoms with Crippen molar-refractivity contribution in [2.24, 2.45) is 0 Å². The van der Waals surface area contributed by atoms with Crippen molar-refractivity contribution in [2.75, 3.05) is 12.4 Å². The number of benzene rings is 1. The Morgan fingerprint density at radius 3 is 2.00 bits per heavy atom. The SMILES string of the molecule is O=S(=O)(CCCCCCCCC[C@@H](O)CO)c1ccccc1. The van der Waals surface area contributed by atoms with Gasteiger partial charge in [-0.05, 0) is 25.0 Å². The molecule has 1 aromatic rings. The predicted octanol–water partition coefficient (Wildman–Crippen LogP) is 2.93. The van der Waals surface area contributed by atoms with Gasteiger partial charge < -0.3 is 10.2 Å². The third kappa shape index (κ3) is 7.92. The maximum absolute atomic E-state index is 12.1. The van der Waals surface area contributed by atoms with Gasteiger partial charge in [0.1, 0.15) is 0 Å². The van der Waals surface area contributed by atoms with Gasteiger partial charge in [0, 0.05) is 0 Å². The lowest BCUT2D eigenvalue weighted by Gasteiger charge is -2.06. The van der Waals surface area contributed by atoms with Crippen LogP contribution in [0.25, 0.3) is 0 Å². The zero-order valence-corrected chi connectivity index (χ0v) is 14.0. The van der Waals surface area contributed by atoms with Crippen LogP contribution >= 0.6 is 0 Å². The van der Waals surface area contributed by atoms with E-state index in [1.807, 2.05) is 6.07 Å². The van der Waals surface area contributed by atoms with Crippen LogP contribution < -0.4 is 0 Å². The van der Waals surface area contributed by atoms with Gasteiger partial charge >= 0.3 is 0 Å². The fourth-order valence-electron chi connectivity index (χ4n) is 2.39. The van der Waals surface area contributed by atoms with E-state index in [0.29, 0.717) is 17.7 Å². The number of unbranched alkanes of at least 4 members (excludes halogenated alkanes) is 6. The van der Waals surface area contributed by atoms with E-state index < -0.39 is 15.9 Å². The van der Waals surface area contributed by atoms with Crippen LogP contribution in [0.1, 0.15) is 51.4 Å². The van der Waals surface area contributed by atoms with Gasteiger partial charge in [-0.1, -0.05) is 56.7 Å². The lowest BCUT2D eigenvalue weighted by molar-refractivity contribution is 0.0860. The van der Waals surface area contributed by atoms with Crippen molar-refractivity contribution < 1.29 is 18.6 Å². The van der Waals surface area contributed by atoms with E-state index in [1.165, 1.54) is 0 Å². The van der Waals surface area contributed by atoms with Gasteiger partial charge in [-0.15, -0.1) is 0 Å². The van der Waals surface area contributed by atoms with Gasteiger partial charge in [0.25, 0.3) is 0 Å². The van der Waals surface area contributed by atoms with Gasteiger partial charge in [0.2, 0.25) is 0 Å². The smallest absolute Gasteiger partial charge is 0.178 e. The van der Waals surface area contributed by atoms with Crippen LogP contribution in [0.15, 0.2) is 35.2 Å². The number of hydrogen-bond donors (Lipinski definition) is 2. The van der Waals surface area contributed by atoms with E-state index in [2.05, 4.69) is 0 Å². The molecule has 0 spiro atoms. The van der Waals surface area contributed by atoms with Crippen molar-refractivity contribution >= 4 is 9.84 Å². The third-order valence-electron chi connectivity index (χ3n) is 3.76. The summed E-state index contributed by atoms with van der Waals surface area (Å²) in [6.07, 6.45) is 6.96. The molecule has 0 aliphatic rings. The summed E-state index contributed by atoms with van der Waals surface area (Å²) in [5.41, 5.74) is 0. The van der Waals surface area contributed by atoms with E-state index in [4.69, 9.17) is 5.11 Å². The van der Waals surface area contributed by atoms with Crippen LogP contribution in [0.2, 0.25) is 0 Å². The van der Waals surface area contributed by atoms with Crippen LogP contribution in [0.3, 0.4) is 0 Å². The van der Waals surface area contributed by atoms with E-state index in [1.54, 1.807) is 24.3 Å². The molecule has 0 heterocycles. The second-order valence-electron chi connectivity index (χ2n) is 5.73. The molecule has 0 aliphatic carbocycles. The van der Waals surface area contributed by atoms with Crippen LogP contribution in [-0.2, 0) is 9.84 Å².